The predicted molar refractivity (Wildman–Crippen MR) is 91.0 cm³/mol. The van der Waals surface area contributed by atoms with Gasteiger partial charge in [0.05, 0.1) is 10.7 Å². The number of amides is 2. The van der Waals surface area contributed by atoms with Crippen LogP contribution in [0.15, 0.2) is 54.6 Å². The number of imide groups is 1. The highest BCUT2D eigenvalue weighted by Gasteiger charge is 2.35. The van der Waals surface area contributed by atoms with Crippen LogP contribution in [-0.2, 0) is 0 Å². The third-order valence-corrected chi connectivity index (χ3v) is 4.35. The molecule has 0 saturated carbocycles. The molecule has 0 bridgehead atoms. The Morgan fingerprint density at radius 1 is 0.826 bits per heavy atom. The second-order valence-corrected chi connectivity index (χ2v) is 5.73. The molecule has 4 nitrogen and oxygen atoms in total. The van der Waals surface area contributed by atoms with Crippen molar-refractivity contribution in [2.75, 3.05) is 10.6 Å². The van der Waals surface area contributed by atoms with Gasteiger partial charge >= 0.3 is 0 Å². The van der Waals surface area contributed by atoms with Gasteiger partial charge in [0.25, 0.3) is 11.8 Å². The van der Waals surface area contributed by atoms with E-state index in [0.717, 1.165) is 4.90 Å². The molecule has 0 spiro atoms. The van der Waals surface area contributed by atoms with Crippen molar-refractivity contribution in [3.63, 3.8) is 0 Å². The number of anilines is 2. The molecule has 0 aromatic heterocycles. The first-order valence-electron chi connectivity index (χ1n) is 7.04. The van der Waals surface area contributed by atoms with Gasteiger partial charge in [-0.2, -0.15) is 0 Å². The summed E-state index contributed by atoms with van der Waals surface area (Å²) in [6.45, 7) is 0. The zero-order chi connectivity index (χ0) is 16.1. The van der Waals surface area contributed by atoms with Crippen LogP contribution in [0.3, 0.4) is 0 Å². The molecule has 0 unspecified atom stereocenters. The first kappa shape index (κ1) is 13.8. The molecule has 3 aromatic carbocycles. The second-order valence-electron chi connectivity index (χ2n) is 5.33. The molecule has 0 radical (unpaired) electrons. The minimum atomic E-state index is -0.396. The van der Waals surface area contributed by atoms with E-state index in [1.54, 1.807) is 48.5 Å². The summed E-state index contributed by atoms with van der Waals surface area (Å²) in [7, 11) is 0. The SMILES string of the molecule is Nc1ccc2c3c(cccc13)C(=O)N(c1ccccc1Cl)C2=O. The molecule has 4 rings (SSSR count). The first-order valence-corrected chi connectivity index (χ1v) is 7.42. The number of carbonyl (C=O) groups excluding carboxylic acids is 2. The van der Waals surface area contributed by atoms with Gasteiger partial charge in [0.15, 0.2) is 0 Å². The van der Waals surface area contributed by atoms with Gasteiger partial charge in [0, 0.05) is 27.6 Å². The van der Waals surface area contributed by atoms with E-state index in [4.69, 9.17) is 17.3 Å². The Balaban J connectivity index is 2.04. The number of nitrogens with two attached hydrogens (primary N) is 1. The normalized spacial score (nSPS) is 13.7. The number of hydrogen-bond donors (Lipinski definition) is 1. The Hall–Kier alpha value is -2.85. The van der Waals surface area contributed by atoms with E-state index in [1.807, 2.05) is 6.07 Å². The van der Waals surface area contributed by atoms with E-state index in [-0.39, 0.29) is 0 Å². The highest BCUT2D eigenvalue weighted by Crippen LogP contribution is 2.37. The molecule has 23 heavy (non-hydrogen) atoms. The fourth-order valence-corrected chi connectivity index (χ4v) is 3.19. The van der Waals surface area contributed by atoms with Gasteiger partial charge in [0.2, 0.25) is 0 Å². The molecule has 0 fully saturated rings. The van der Waals surface area contributed by atoms with E-state index < -0.39 is 11.8 Å². The van der Waals surface area contributed by atoms with Crippen molar-refractivity contribution in [3.05, 3.63) is 70.7 Å². The van der Waals surface area contributed by atoms with Gasteiger partial charge in [-0.3, -0.25) is 9.59 Å². The fourth-order valence-electron chi connectivity index (χ4n) is 2.97. The summed E-state index contributed by atoms with van der Waals surface area (Å²) in [4.78, 5) is 26.9. The van der Waals surface area contributed by atoms with E-state index in [9.17, 15) is 9.59 Å². The van der Waals surface area contributed by atoms with E-state index in [2.05, 4.69) is 0 Å². The number of carbonyl (C=O) groups is 2. The second kappa shape index (κ2) is 4.83. The number of halogens is 1. The summed E-state index contributed by atoms with van der Waals surface area (Å²) in [5.74, 6) is -0.793. The van der Waals surface area contributed by atoms with Crippen LogP contribution in [0.25, 0.3) is 10.8 Å². The Labute approximate surface area is 137 Å². The predicted octanol–water partition coefficient (Wildman–Crippen LogP) is 3.88. The molecule has 1 aliphatic heterocycles. The van der Waals surface area contributed by atoms with Crippen molar-refractivity contribution in [1.29, 1.82) is 0 Å². The molecule has 0 saturated heterocycles. The maximum Gasteiger partial charge on any atom is 0.266 e. The molecular formula is C18H11ClN2O2. The monoisotopic (exact) mass is 322 g/mol. The molecular weight excluding hydrogens is 312 g/mol. The van der Waals surface area contributed by atoms with Crippen LogP contribution in [0.2, 0.25) is 5.02 Å². The number of nitrogens with zero attached hydrogens (tertiary/aromatic N) is 1. The quantitative estimate of drug-likeness (QED) is 0.546. The Morgan fingerprint density at radius 3 is 2.26 bits per heavy atom. The molecule has 1 heterocycles. The molecule has 112 valence electrons. The highest BCUT2D eigenvalue weighted by atomic mass is 35.5. The molecule has 3 aromatic rings. The third kappa shape index (κ3) is 1.85. The van der Waals surface area contributed by atoms with Crippen LogP contribution in [0.1, 0.15) is 20.7 Å². The first-order chi connectivity index (χ1) is 11.1. The number of nitrogen functional groups attached to an aromatic ring is 1. The van der Waals surface area contributed by atoms with Gasteiger partial charge in [-0.25, -0.2) is 4.90 Å². The summed E-state index contributed by atoms with van der Waals surface area (Å²) in [5.41, 5.74) is 7.79. The fraction of sp³-hybridized carbons (Fsp3) is 0. The van der Waals surface area contributed by atoms with Crippen molar-refractivity contribution in [2.24, 2.45) is 0 Å². The summed E-state index contributed by atoms with van der Waals surface area (Å²) in [6, 6.07) is 15.4. The minimum Gasteiger partial charge on any atom is -0.398 e. The van der Waals surface area contributed by atoms with Gasteiger partial charge in [-0.05, 0) is 30.3 Å². The highest BCUT2D eigenvalue weighted by molar-refractivity contribution is 6.40. The van der Waals surface area contributed by atoms with E-state index in [0.29, 0.717) is 38.3 Å². The van der Waals surface area contributed by atoms with Crippen molar-refractivity contribution in [3.8, 4) is 0 Å². The maximum absolute atomic E-state index is 12.9. The lowest BCUT2D eigenvalue weighted by molar-refractivity contribution is 0.0893. The van der Waals surface area contributed by atoms with Crippen LogP contribution >= 0.6 is 11.6 Å². The van der Waals surface area contributed by atoms with E-state index in [1.165, 1.54) is 0 Å². The Bertz CT molecular complexity index is 975. The average molecular weight is 323 g/mol. The van der Waals surface area contributed by atoms with Gasteiger partial charge in [-0.15, -0.1) is 0 Å². The molecule has 2 amide bonds. The minimum absolute atomic E-state index is 0.347. The van der Waals surface area contributed by atoms with E-state index >= 15 is 0 Å². The zero-order valence-electron chi connectivity index (χ0n) is 11.9. The third-order valence-electron chi connectivity index (χ3n) is 4.03. The smallest absolute Gasteiger partial charge is 0.266 e. The molecule has 5 heteroatoms. The summed E-state index contributed by atoms with van der Waals surface area (Å²) >= 11 is 6.18. The lowest BCUT2D eigenvalue weighted by atomic mass is 9.93. The standard InChI is InChI=1S/C18H11ClN2O2/c19-13-6-1-2-7-15(13)21-17(22)11-5-3-4-10-14(20)9-8-12(16(10)11)18(21)23/h1-9H,20H2. The average Bonchev–Trinajstić information content (AvgIpc) is 2.56. The number of para-hydroxylation sites is 1. The van der Waals surface area contributed by atoms with Crippen LogP contribution in [0, 0.1) is 0 Å². The van der Waals surface area contributed by atoms with Gasteiger partial charge < -0.3 is 5.73 Å². The van der Waals surface area contributed by atoms with Gasteiger partial charge in [0.1, 0.15) is 0 Å². The summed E-state index contributed by atoms with van der Waals surface area (Å²) < 4.78 is 0. The number of hydrogen-bond acceptors (Lipinski definition) is 3. The Morgan fingerprint density at radius 2 is 1.52 bits per heavy atom. The topological polar surface area (TPSA) is 63.4 Å². The van der Waals surface area contributed by atoms with Crippen LogP contribution in [0.4, 0.5) is 11.4 Å². The summed E-state index contributed by atoms with van der Waals surface area (Å²) in [5, 5.41) is 1.66. The van der Waals surface area contributed by atoms with Crippen molar-refractivity contribution >= 4 is 45.6 Å². The molecule has 0 atom stereocenters. The Kier molecular flexibility index (Phi) is 2.89. The van der Waals surface area contributed by atoms with Crippen molar-refractivity contribution in [1.82, 2.24) is 0 Å². The van der Waals surface area contributed by atoms with Crippen molar-refractivity contribution in [2.45, 2.75) is 0 Å². The van der Waals surface area contributed by atoms with Crippen molar-refractivity contribution < 1.29 is 9.59 Å². The number of benzene rings is 3. The molecule has 2 N–H and O–H groups in total. The lowest BCUT2D eigenvalue weighted by Gasteiger charge is -2.28. The van der Waals surface area contributed by atoms with Gasteiger partial charge in [-0.1, -0.05) is 35.9 Å². The zero-order valence-corrected chi connectivity index (χ0v) is 12.7. The molecule has 1 aliphatic rings. The molecule has 0 aliphatic carbocycles. The van der Waals surface area contributed by atoms with Crippen LogP contribution in [0.5, 0.6) is 0 Å². The number of rotatable bonds is 1. The summed E-state index contributed by atoms with van der Waals surface area (Å²) in [6.07, 6.45) is 0. The maximum atomic E-state index is 12.9. The van der Waals surface area contributed by atoms with Crippen LogP contribution < -0.4 is 10.6 Å². The lowest BCUT2D eigenvalue weighted by Crippen LogP contribution is -2.40. The van der Waals surface area contributed by atoms with Crippen LogP contribution in [-0.4, -0.2) is 11.8 Å². The largest absolute Gasteiger partial charge is 0.398 e.